The molecule has 2 aliphatic rings. The van der Waals surface area contributed by atoms with Crippen LogP contribution in [0.3, 0.4) is 0 Å². The molecule has 0 N–H and O–H groups in total. The number of carbonyl (C=O) groups excluding carboxylic acids is 1. The lowest BCUT2D eigenvalue weighted by molar-refractivity contribution is 0.0573. The van der Waals surface area contributed by atoms with Crippen molar-refractivity contribution in [2.75, 3.05) is 26.2 Å². The maximum absolute atomic E-state index is 13.8. The van der Waals surface area contributed by atoms with E-state index in [0.717, 1.165) is 38.2 Å². The molecule has 31 heavy (non-hydrogen) atoms. The molecule has 2 saturated heterocycles. The van der Waals surface area contributed by atoms with Gasteiger partial charge in [0.1, 0.15) is 11.4 Å². The summed E-state index contributed by atoms with van der Waals surface area (Å²) in [5.74, 6) is 0.585. The summed E-state index contributed by atoms with van der Waals surface area (Å²) in [5.41, 5.74) is 3.00. The monoisotopic (exact) mass is 414 g/mol. The number of benzene rings is 1. The van der Waals surface area contributed by atoms with Crippen LogP contribution in [-0.4, -0.2) is 58.1 Å². The molecule has 0 radical (unpaired) electrons. The van der Waals surface area contributed by atoms with Gasteiger partial charge in [0.2, 0.25) is 0 Å². The average Bonchev–Trinajstić information content (AvgIpc) is 3.58. The molecule has 0 spiro atoms. The van der Waals surface area contributed by atoms with Crippen LogP contribution in [0.15, 0.2) is 63.7 Å². The summed E-state index contributed by atoms with van der Waals surface area (Å²) in [5, 5.41) is 4.94. The molecule has 1 atom stereocenters. The normalized spacial score (nSPS) is 19.1. The van der Waals surface area contributed by atoms with Gasteiger partial charge < -0.3 is 13.8 Å². The first-order chi connectivity index (χ1) is 15.3. The van der Waals surface area contributed by atoms with Crippen LogP contribution < -0.4 is 0 Å². The molecule has 156 valence electrons. The molecule has 0 aliphatic carbocycles. The molecule has 2 aliphatic heterocycles. The van der Waals surface area contributed by atoms with E-state index in [9.17, 15) is 4.79 Å². The van der Waals surface area contributed by atoms with Crippen molar-refractivity contribution in [2.45, 2.75) is 18.9 Å². The molecule has 7 nitrogen and oxygen atoms in total. The fourth-order valence-corrected chi connectivity index (χ4v) is 4.81. The molecular formula is C24H22N4O3. The highest BCUT2D eigenvalue weighted by Gasteiger charge is 2.34. The largest absolute Gasteiger partial charge is 0.463 e. The van der Waals surface area contributed by atoms with Crippen molar-refractivity contribution in [2.24, 2.45) is 0 Å². The fourth-order valence-electron chi connectivity index (χ4n) is 4.81. The highest BCUT2D eigenvalue weighted by atomic mass is 16.5. The van der Waals surface area contributed by atoms with Crippen molar-refractivity contribution in [3.63, 3.8) is 0 Å². The number of amides is 1. The van der Waals surface area contributed by atoms with E-state index in [2.05, 4.69) is 15.0 Å². The predicted molar refractivity (Wildman–Crippen MR) is 115 cm³/mol. The van der Waals surface area contributed by atoms with Crippen molar-refractivity contribution >= 4 is 17.0 Å². The number of rotatable bonds is 3. The maximum atomic E-state index is 13.8. The van der Waals surface area contributed by atoms with Gasteiger partial charge in [-0.1, -0.05) is 35.5 Å². The quantitative estimate of drug-likeness (QED) is 0.503. The fraction of sp³-hybridized carbons (Fsp3) is 0.292. The number of carbonyl (C=O) groups is 1. The first-order valence-electron chi connectivity index (χ1n) is 10.7. The highest BCUT2D eigenvalue weighted by molar-refractivity contribution is 6.10. The highest BCUT2D eigenvalue weighted by Crippen LogP contribution is 2.34. The molecule has 0 bridgehead atoms. The SMILES string of the molecule is O=C(c1cc(-c2ccco2)nc2onc(-c3ccccc3)c12)N1CCN2CCC[C@H]2C1. The minimum absolute atomic E-state index is 0.00728. The van der Waals surface area contributed by atoms with E-state index in [1.54, 1.807) is 12.3 Å². The number of pyridine rings is 1. The lowest BCUT2D eigenvalue weighted by Gasteiger charge is -2.37. The van der Waals surface area contributed by atoms with Gasteiger partial charge in [0.15, 0.2) is 5.76 Å². The van der Waals surface area contributed by atoms with Gasteiger partial charge in [0, 0.05) is 31.2 Å². The Kier molecular flexibility index (Phi) is 4.35. The van der Waals surface area contributed by atoms with Crippen LogP contribution in [0.25, 0.3) is 33.8 Å². The minimum Gasteiger partial charge on any atom is -0.463 e. The van der Waals surface area contributed by atoms with Crippen molar-refractivity contribution in [1.29, 1.82) is 0 Å². The summed E-state index contributed by atoms with van der Waals surface area (Å²) in [6.45, 7) is 3.54. The van der Waals surface area contributed by atoms with E-state index < -0.39 is 0 Å². The van der Waals surface area contributed by atoms with Crippen LogP contribution in [0.2, 0.25) is 0 Å². The summed E-state index contributed by atoms with van der Waals surface area (Å²) in [7, 11) is 0. The van der Waals surface area contributed by atoms with Crippen molar-refractivity contribution in [3.8, 4) is 22.7 Å². The molecule has 1 aromatic carbocycles. The summed E-state index contributed by atoms with van der Waals surface area (Å²) in [6.07, 6.45) is 3.95. The van der Waals surface area contributed by atoms with Gasteiger partial charge in [-0.05, 0) is 37.6 Å². The zero-order valence-corrected chi connectivity index (χ0v) is 17.0. The number of aromatic nitrogens is 2. The van der Waals surface area contributed by atoms with Crippen LogP contribution in [0.4, 0.5) is 0 Å². The molecular weight excluding hydrogens is 392 g/mol. The molecule has 2 fully saturated rings. The molecule has 5 heterocycles. The van der Waals surface area contributed by atoms with Crippen molar-refractivity contribution in [3.05, 3.63) is 60.4 Å². The van der Waals surface area contributed by atoms with Crippen molar-refractivity contribution < 1.29 is 13.7 Å². The van der Waals surface area contributed by atoms with E-state index in [-0.39, 0.29) is 5.91 Å². The van der Waals surface area contributed by atoms with Gasteiger partial charge in [-0.2, -0.15) is 0 Å². The number of furan rings is 1. The average molecular weight is 414 g/mol. The second-order valence-corrected chi connectivity index (χ2v) is 8.19. The van der Waals surface area contributed by atoms with Crippen LogP contribution in [-0.2, 0) is 0 Å². The summed E-state index contributed by atoms with van der Waals surface area (Å²) >= 11 is 0. The minimum atomic E-state index is -0.00728. The van der Waals surface area contributed by atoms with E-state index in [0.29, 0.717) is 39.9 Å². The number of nitrogens with zero attached hydrogens (tertiary/aromatic N) is 4. The maximum Gasteiger partial charge on any atom is 0.259 e. The van der Waals surface area contributed by atoms with E-state index in [4.69, 9.17) is 8.94 Å². The molecule has 0 saturated carbocycles. The van der Waals surface area contributed by atoms with Gasteiger partial charge in [-0.25, -0.2) is 4.98 Å². The van der Waals surface area contributed by atoms with E-state index in [1.807, 2.05) is 47.4 Å². The third kappa shape index (κ3) is 3.13. The second-order valence-electron chi connectivity index (χ2n) is 8.19. The first kappa shape index (κ1) is 18.3. The van der Waals surface area contributed by atoms with Gasteiger partial charge in [0.25, 0.3) is 11.6 Å². The Bertz CT molecular complexity index is 1230. The molecule has 1 amide bonds. The van der Waals surface area contributed by atoms with Crippen LogP contribution in [0, 0.1) is 0 Å². The number of fused-ring (bicyclic) bond motifs is 2. The summed E-state index contributed by atoms with van der Waals surface area (Å²) < 4.78 is 11.1. The molecule has 6 rings (SSSR count). The Morgan fingerprint density at radius 2 is 1.97 bits per heavy atom. The Balaban J connectivity index is 1.48. The van der Waals surface area contributed by atoms with Crippen LogP contribution in [0.1, 0.15) is 23.2 Å². The van der Waals surface area contributed by atoms with Gasteiger partial charge in [-0.15, -0.1) is 0 Å². The Hall–Kier alpha value is -3.45. The summed E-state index contributed by atoms with van der Waals surface area (Å²) in [4.78, 5) is 22.9. The summed E-state index contributed by atoms with van der Waals surface area (Å²) in [6, 6.07) is 15.7. The number of piperazine rings is 1. The zero-order valence-electron chi connectivity index (χ0n) is 17.0. The molecule has 4 aromatic rings. The van der Waals surface area contributed by atoms with Gasteiger partial charge >= 0.3 is 0 Å². The third-order valence-electron chi connectivity index (χ3n) is 6.37. The Morgan fingerprint density at radius 3 is 2.81 bits per heavy atom. The molecule has 3 aromatic heterocycles. The smallest absolute Gasteiger partial charge is 0.259 e. The topological polar surface area (TPSA) is 75.6 Å². The molecule has 7 heteroatoms. The first-order valence-corrected chi connectivity index (χ1v) is 10.7. The lowest BCUT2D eigenvalue weighted by Crippen LogP contribution is -2.52. The second kappa shape index (κ2) is 7.35. The predicted octanol–water partition coefficient (Wildman–Crippen LogP) is 4.07. The number of hydrogen-bond acceptors (Lipinski definition) is 6. The van der Waals surface area contributed by atoms with E-state index >= 15 is 0 Å². The Labute approximate surface area is 179 Å². The van der Waals surface area contributed by atoms with Crippen LogP contribution >= 0.6 is 0 Å². The standard InChI is InChI=1S/C24H22N4O3/c29-24(28-12-11-27-10-4-8-17(27)15-28)18-14-19(20-9-5-13-30-20)25-23-21(18)22(26-31-23)16-6-2-1-3-7-16/h1-3,5-7,9,13-14,17H,4,8,10-12,15H2/t17-/m0/s1. The lowest BCUT2D eigenvalue weighted by atomic mass is 10.0. The van der Waals surface area contributed by atoms with E-state index in [1.165, 1.54) is 6.42 Å². The van der Waals surface area contributed by atoms with Crippen molar-refractivity contribution in [1.82, 2.24) is 19.9 Å². The molecule has 0 unspecified atom stereocenters. The third-order valence-corrected chi connectivity index (χ3v) is 6.37. The zero-order chi connectivity index (χ0) is 20.8. The number of hydrogen-bond donors (Lipinski definition) is 0. The Morgan fingerprint density at radius 1 is 1.06 bits per heavy atom. The van der Waals surface area contributed by atoms with Gasteiger partial charge in [0.05, 0.1) is 17.2 Å². The van der Waals surface area contributed by atoms with Crippen LogP contribution in [0.5, 0.6) is 0 Å². The van der Waals surface area contributed by atoms with Gasteiger partial charge in [-0.3, -0.25) is 9.69 Å².